The molecule has 0 radical (unpaired) electrons. The van der Waals surface area contributed by atoms with Gasteiger partial charge in [-0.1, -0.05) is 29.3 Å². The first-order chi connectivity index (χ1) is 6.65. The summed E-state index contributed by atoms with van der Waals surface area (Å²) in [6.45, 7) is 0. The first kappa shape index (κ1) is 15.0. The number of nitrogens with one attached hydrogen (secondary N) is 2. The van der Waals surface area contributed by atoms with Crippen LogP contribution in [-0.4, -0.2) is 5.11 Å². The summed E-state index contributed by atoms with van der Waals surface area (Å²) in [5, 5.41) is 14.3. The molecular weight excluding hydrogens is 264 g/mol. The van der Waals surface area contributed by atoms with E-state index in [-0.39, 0.29) is 36.1 Å². The van der Waals surface area contributed by atoms with E-state index >= 15 is 0 Å². The van der Waals surface area contributed by atoms with E-state index < -0.39 is 0 Å². The standard InChI is InChI=1S/C8H5Cl2N3S.Na.H/c9-5-2-1-3-6(10)7(5)13-8(14)12-4-11;;/h1-3H,(H2,12,13,14);;/q;+1;-1. The molecule has 0 saturated carbocycles. The Hall–Kier alpha value is -0.0200. The van der Waals surface area contributed by atoms with Crippen molar-refractivity contribution in [1.82, 2.24) is 5.32 Å². The second-order valence-corrected chi connectivity index (χ2v) is 3.51. The van der Waals surface area contributed by atoms with Crippen LogP contribution in [0.15, 0.2) is 18.2 Å². The average molecular weight is 270 g/mol. The van der Waals surface area contributed by atoms with E-state index in [9.17, 15) is 0 Å². The number of para-hydroxylation sites is 1. The van der Waals surface area contributed by atoms with Crippen LogP contribution >= 0.6 is 35.4 Å². The summed E-state index contributed by atoms with van der Waals surface area (Å²) in [5.74, 6) is 0. The first-order valence-electron chi connectivity index (χ1n) is 3.55. The zero-order valence-corrected chi connectivity index (χ0v) is 12.2. The van der Waals surface area contributed by atoms with Gasteiger partial charge in [0.05, 0.1) is 15.7 Å². The minimum Gasteiger partial charge on any atom is -1.00 e. The minimum absolute atomic E-state index is 0. The fourth-order valence-corrected chi connectivity index (χ4v) is 1.45. The fourth-order valence-electron chi connectivity index (χ4n) is 0.813. The zero-order valence-electron chi connectivity index (χ0n) is 8.84. The third-order valence-corrected chi connectivity index (χ3v) is 2.20. The third-order valence-electron chi connectivity index (χ3n) is 1.37. The Balaban J connectivity index is 0. The topological polar surface area (TPSA) is 47.9 Å². The van der Waals surface area contributed by atoms with Gasteiger partial charge in [0.2, 0.25) is 0 Å². The van der Waals surface area contributed by atoms with E-state index in [4.69, 9.17) is 40.7 Å². The summed E-state index contributed by atoms with van der Waals surface area (Å²) in [6, 6.07) is 5.06. The molecular formula is C8H6Cl2N3NaS. The monoisotopic (exact) mass is 269 g/mol. The number of rotatable bonds is 1. The Morgan fingerprint density at radius 3 is 2.40 bits per heavy atom. The van der Waals surface area contributed by atoms with E-state index in [0.29, 0.717) is 15.7 Å². The molecule has 74 valence electrons. The van der Waals surface area contributed by atoms with Crippen molar-refractivity contribution in [1.29, 1.82) is 5.26 Å². The van der Waals surface area contributed by atoms with Crippen molar-refractivity contribution in [3.8, 4) is 6.19 Å². The zero-order chi connectivity index (χ0) is 10.6. The van der Waals surface area contributed by atoms with Gasteiger partial charge in [0, 0.05) is 0 Å². The van der Waals surface area contributed by atoms with Gasteiger partial charge < -0.3 is 6.74 Å². The number of thiocarbonyl (C=S) groups is 1. The van der Waals surface area contributed by atoms with E-state index in [1.54, 1.807) is 24.4 Å². The number of nitrogens with zero attached hydrogens (tertiary/aromatic N) is 1. The molecule has 0 aliphatic carbocycles. The molecule has 3 nitrogen and oxygen atoms in total. The average Bonchev–Trinajstić information content (AvgIpc) is 2.12. The van der Waals surface area contributed by atoms with Crippen molar-refractivity contribution < 1.29 is 31.0 Å². The summed E-state index contributed by atoms with van der Waals surface area (Å²) < 4.78 is 0. The Morgan fingerprint density at radius 2 is 1.93 bits per heavy atom. The molecule has 0 atom stereocenters. The summed E-state index contributed by atoms with van der Waals surface area (Å²) in [7, 11) is 0. The first-order valence-corrected chi connectivity index (χ1v) is 4.71. The molecule has 0 spiro atoms. The molecule has 15 heavy (non-hydrogen) atoms. The van der Waals surface area contributed by atoms with Crippen LogP contribution in [0.2, 0.25) is 10.0 Å². The van der Waals surface area contributed by atoms with Gasteiger partial charge in [0.15, 0.2) is 11.3 Å². The van der Waals surface area contributed by atoms with E-state index in [2.05, 4.69) is 10.6 Å². The smallest absolute Gasteiger partial charge is 1.00 e. The summed E-state index contributed by atoms with van der Waals surface area (Å²) in [5.41, 5.74) is 0.489. The molecule has 0 bridgehead atoms. The summed E-state index contributed by atoms with van der Waals surface area (Å²) in [6.07, 6.45) is 1.69. The van der Waals surface area contributed by atoms with Gasteiger partial charge >= 0.3 is 29.6 Å². The molecule has 0 aliphatic rings. The van der Waals surface area contributed by atoms with E-state index in [1.165, 1.54) is 0 Å². The maximum atomic E-state index is 8.30. The molecule has 0 amide bonds. The summed E-state index contributed by atoms with van der Waals surface area (Å²) >= 11 is 16.5. The fraction of sp³-hybridized carbons (Fsp3) is 0. The molecule has 7 heteroatoms. The van der Waals surface area contributed by atoms with Crippen LogP contribution in [0.3, 0.4) is 0 Å². The Bertz CT molecular complexity index is 391. The molecule has 1 rings (SSSR count). The Kier molecular flexibility index (Phi) is 7.28. The number of hydrogen-bond acceptors (Lipinski definition) is 2. The predicted molar refractivity (Wildman–Crippen MR) is 62.5 cm³/mol. The van der Waals surface area contributed by atoms with Gasteiger partial charge in [-0.15, -0.1) is 0 Å². The van der Waals surface area contributed by atoms with Crippen molar-refractivity contribution in [3.63, 3.8) is 0 Å². The Morgan fingerprint density at radius 1 is 1.40 bits per heavy atom. The van der Waals surface area contributed by atoms with Gasteiger partial charge in [-0.05, 0) is 24.4 Å². The van der Waals surface area contributed by atoms with Crippen LogP contribution in [0.1, 0.15) is 1.43 Å². The maximum Gasteiger partial charge on any atom is 1.00 e. The summed E-state index contributed by atoms with van der Waals surface area (Å²) in [4.78, 5) is 0. The quantitative estimate of drug-likeness (QED) is 0.323. The van der Waals surface area contributed by atoms with Crippen LogP contribution in [0.5, 0.6) is 0 Å². The van der Waals surface area contributed by atoms with Crippen molar-refractivity contribution >= 4 is 46.2 Å². The molecule has 1 aromatic carbocycles. The van der Waals surface area contributed by atoms with Gasteiger partial charge in [-0.25, -0.2) is 0 Å². The van der Waals surface area contributed by atoms with E-state index in [1.807, 2.05) is 0 Å². The van der Waals surface area contributed by atoms with Crippen LogP contribution in [-0.2, 0) is 0 Å². The van der Waals surface area contributed by atoms with Crippen molar-refractivity contribution in [2.75, 3.05) is 5.32 Å². The van der Waals surface area contributed by atoms with Gasteiger partial charge in [0.25, 0.3) is 0 Å². The second kappa shape index (κ2) is 7.29. The molecule has 0 fully saturated rings. The van der Waals surface area contributed by atoms with Gasteiger partial charge in [-0.2, -0.15) is 5.26 Å². The molecule has 0 saturated heterocycles. The number of anilines is 1. The number of hydrogen-bond donors (Lipinski definition) is 2. The largest absolute Gasteiger partial charge is 1.00 e. The SMILES string of the molecule is N#CNC(=S)Nc1c(Cl)cccc1Cl.[H-].[Na+]. The Labute approximate surface area is 127 Å². The van der Waals surface area contributed by atoms with E-state index in [0.717, 1.165) is 0 Å². The molecule has 2 N–H and O–H groups in total. The predicted octanol–water partition coefficient (Wildman–Crippen LogP) is -0.123. The molecule has 0 heterocycles. The van der Waals surface area contributed by atoms with Crippen molar-refractivity contribution in [3.05, 3.63) is 28.2 Å². The van der Waals surface area contributed by atoms with Crippen LogP contribution in [0.25, 0.3) is 0 Å². The number of nitriles is 1. The molecule has 0 aromatic heterocycles. The second-order valence-electron chi connectivity index (χ2n) is 2.29. The van der Waals surface area contributed by atoms with Crippen LogP contribution < -0.4 is 40.2 Å². The van der Waals surface area contributed by atoms with Crippen molar-refractivity contribution in [2.24, 2.45) is 0 Å². The van der Waals surface area contributed by atoms with Gasteiger partial charge in [-0.3, -0.25) is 5.32 Å². The normalized spacial score (nSPS) is 8.33. The van der Waals surface area contributed by atoms with Crippen molar-refractivity contribution in [2.45, 2.75) is 0 Å². The van der Waals surface area contributed by atoms with Gasteiger partial charge in [0.1, 0.15) is 0 Å². The molecule has 0 aliphatic heterocycles. The molecule has 1 aromatic rings. The van der Waals surface area contributed by atoms with Crippen LogP contribution in [0, 0.1) is 11.5 Å². The third kappa shape index (κ3) is 4.56. The minimum atomic E-state index is 0. The maximum absolute atomic E-state index is 8.30. The van der Waals surface area contributed by atoms with Crippen LogP contribution in [0.4, 0.5) is 5.69 Å². The number of halogens is 2. The molecule has 0 unspecified atom stereocenters. The number of benzene rings is 1.